The standard InChI is InChI=1S/C11H5F5N2S/c12-5-1-2-6(7(13)3-5)8-4-9(19)18-10(17-8)11(14,15)16/h1-4H,(H,17,18,19). The minimum atomic E-state index is -4.74. The molecule has 1 N–H and O–H groups in total. The Morgan fingerprint density at radius 2 is 1.79 bits per heavy atom. The molecule has 0 amide bonds. The minimum Gasteiger partial charge on any atom is -0.335 e. The number of H-pyrrole nitrogens is 1. The third-order valence-corrected chi connectivity index (χ3v) is 2.44. The zero-order valence-corrected chi connectivity index (χ0v) is 9.87. The molecule has 0 atom stereocenters. The average Bonchev–Trinajstić information content (AvgIpc) is 2.26. The van der Waals surface area contributed by atoms with Crippen LogP contribution in [0.5, 0.6) is 0 Å². The Morgan fingerprint density at radius 3 is 2.37 bits per heavy atom. The lowest BCUT2D eigenvalue weighted by molar-refractivity contribution is -0.145. The second-order valence-corrected chi connectivity index (χ2v) is 4.02. The van der Waals surface area contributed by atoms with Gasteiger partial charge in [-0.1, -0.05) is 12.2 Å². The van der Waals surface area contributed by atoms with Gasteiger partial charge in [-0.05, 0) is 18.2 Å². The lowest BCUT2D eigenvalue weighted by Gasteiger charge is -2.09. The van der Waals surface area contributed by atoms with Gasteiger partial charge in [-0.3, -0.25) is 0 Å². The van der Waals surface area contributed by atoms with Gasteiger partial charge in [0.2, 0.25) is 5.82 Å². The Kier molecular flexibility index (Phi) is 3.36. The predicted octanol–water partition coefficient (Wildman–Crippen LogP) is 4.10. The van der Waals surface area contributed by atoms with Crippen LogP contribution in [0.1, 0.15) is 5.82 Å². The van der Waals surface area contributed by atoms with Gasteiger partial charge >= 0.3 is 6.18 Å². The van der Waals surface area contributed by atoms with Crippen LogP contribution in [0, 0.1) is 16.3 Å². The first-order chi connectivity index (χ1) is 8.77. The molecule has 0 aliphatic heterocycles. The van der Waals surface area contributed by atoms with Crippen molar-refractivity contribution in [2.45, 2.75) is 6.18 Å². The molecule has 0 spiro atoms. The van der Waals surface area contributed by atoms with E-state index in [4.69, 9.17) is 0 Å². The van der Waals surface area contributed by atoms with E-state index in [1.165, 1.54) is 0 Å². The molecule has 1 aromatic heterocycles. The largest absolute Gasteiger partial charge is 0.449 e. The molecule has 0 saturated heterocycles. The number of alkyl halides is 3. The lowest BCUT2D eigenvalue weighted by Crippen LogP contribution is -2.11. The summed E-state index contributed by atoms with van der Waals surface area (Å²) in [5.41, 5.74) is -0.440. The number of rotatable bonds is 1. The quantitative estimate of drug-likeness (QED) is 0.633. The molecule has 0 aliphatic carbocycles. The fourth-order valence-corrected chi connectivity index (χ4v) is 1.65. The number of benzene rings is 1. The summed E-state index contributed by atoms with van der Waals surface area (Å²) in [6.45, 7) is 0. The van der Waals surface area contributed by atoms with E-state index in [2.05, 4.69) is 17.2 Å². The average molecular weight is 292 g/mol. The van der Waals surface area contributed by atoms with E-state index in [0.29, 0.717) is 6.07 Å². The van der Waals surface area contributed by atoms with Crippen molar-refractivity contribution in [1.82, 2.24) is 9.97 Å². The Morgan fingerprint density at radius 1 is 1.11 bits per heavy atom. The summed E-state index contributed by atoms with van der Waals surface area (Å²) < 4.78 is 63.5. The van der Waals surface area contributed by atoms with Gasteiger partial charge < -0.3 is 4.98 Å². The van der Waals surface area contributed by atoms with Gasteiger partial charge in [0.05, 0.1) is 5.69 Å². The maximum atomic E-state index is 13.5. The maximum absolute atomic E-state index is 13.5. The molecule has 1 aromatic carbocycles. The summed E-state index contributed by atoms with van der Waals surface area (Å²) in [7, 11) is 0. The number of aromatic nitrogens is 2. The second kappa shape index (κ2) is 4.69. The molecular weight excluding hydrogens is 287 g/mol. The Hall–Kier alpha value is -1.83. The Labute approximate surface area is 108 Å². The molecule has 2 rings (SSSR count). The summed E-state index contributed by atoms with van der Waals surface area (Å²) in [4.78, 5) is 5.05. The van der Waals surface area contributed by atoms with Crippen molar-refractivity contribution in [1.29, 1.82) is 0 Å². The van der Waals surface area contributed by atoms with Crippen LogP contribution in [0.15, 0.2) is 24.3 Å². The first kappa shape index (κ1) is 13.6. The third kappa shape index (κ3) is 2.95. The smallest absolute Gasteiger partial charge is 0.335 e. The molecule has 0 bridgehead atoms. The van der Waals surface area contributed by atoms with E-state index in [-0.39, 0.29) is 15.9 Å². The summed E-state index contributed by atoms with van der Waals surface area (Å²) in [6, 6.07) is 3.59. The van der Waals surface area contributed by atoms with Crippen LogP contribution in [-0.2, 0) is 6.18 Å². The van der Waals surface area contributed by atoms with Crippen molar-refractivity contribution in [2.75, 3.05) is 0 Å². The Balaban J connectivity index is 2.63. The fourth-order valence-electron chi connectivity index (χ4n) is 1.44. The molecule has 100 valence electrons. The SMILES string of the molecule is Fc1ccc(-c2cc(=S)nc(C(F)(F)F)[nH]2)c(F)c1. The zero-order chi connectivity index (χ0) is 14.2. The number of aromatic amines is 1. The molecule has 2 nitrogen and oxygen atoms in total. The topological polar surface area (TPSA) is 28.7 Å². The van der Waals surface area contributed by atoms with Crippen molar-refractivity contribution in [3.05, 3.63) is 46.4 Å². The van der Waals surface area contributed by atoms with Crippen molar-refractivity contribution in [2.24, 2.45) is 0 Å². The number of hydrogen-bond acceptors (Lipinski definition) is 2. The Bertz CT molecular complexity index is 678. The normalized spacial score (nSPS) is 11.6. The highest BCUT2D eigenvalue weighted by Gasteiger charge is 2.34. The maximum Gasteiger partial charge on any atom is 0.449 e. The van der Waals surface area contributed by atoms with Crippen LogP contribution in [0.25, 0.3) is 11.3 Å². The van der Waals surface area contributed by atoms with Crippen LogP contribution in [-0.4, -0.2) is 9.97 Å². The molecular formula is C11H5F5N2S. The fraction of sp³-hybridized carbons (Fsp3) is 0.0909. The van der Waals surface area contributed by atoms with E-state index in [9.17, 15) is 22.0 Å². The number of halogens is 5. The van der Waals surface area contributed by atoms with Crippen molar-refractivity contribution in [3.8, 4) is 11.3 Å². The molecule has 0 fully saturated rings. The first-order valence-electron chi connectivity index (χ1n) is 4.91. The molecule has 2 aromatic rings. The van der Waals surface area contributed by atoms with E-state index in [0.717, 1.165) is 18.2 Å². The number of hydrogen-bond donors (Lipinski definition) is 1. The van der Waals surface area contributed by atoms with Crippen molar-refractivity contribution >= 4 is 12.2 Å². The predicted molar refractivity (Wildman–Crippen MR) is 59.8 cm³/mol. The summed E-state index contributed by atoms with van der Waals surface area (Å²) >= 11 is 4.60. The summed E-state index contributed by atoms with van der Waals surface area (Å²) in [5, 5.41) is 0. The summed E-state index contributed by atoms with van der Waals surface area (Å²) in [5.74, 6) is -3.16. The monoisotopic (exact) mass is 292 g/mol. The van der Waals surface area contributed by atoms with Gasteiger partial charge in [0, 0.05) is 11.6 Å². The lowest BCUT2D eigenvalue weighted by atomic mass is 10.1. The van der Waals surface area contributed by atoms with Crippen molar-refractivity contribution in [3.63, 3.8) is 0 Å². The molecule has 0 radical (unpaired) electrons. The third-order valence-electron chi connectivity index (χ3n) is 2.23. The van der Waals surface area contributed by atoms with Crippen LogP contribution < -0.4 is 0 Å². The van der Waals surface area contributed by atoms with E-state index >= 15 is 0 Å². The van der Waals surface area contributed by atoms with Gasteiger partial charge in [-0.2, -0.15) is 13.2 Å². The molecule has 0 aliphatic rings. The molecule has 0 unspecified atom stereocenters. The number of nitrogens with one attached hydrogen (secondary N) is 1. The highest BCUT2D eigenvalue weighted by molar-refractivity contribution is 7.71. The molecule has 19 heavy (non-hydrogen) atoms. The molecule has 8 heteroatoms. The van der Waals surface area contributed by atoms with Crippen LogP contribution in [0.4, 0.5) is 22.0 Å². The van der Waals surface area contributed by atoms with Crippen molar-refractivity contribution < 1.29 is 22.0 Å². The number of nitrogens with zero attached hydrogens (tertiary/aromatic N) is 1. The zero-order valence-electron chi connectivity index (χ0n) is 9.05. The van der Waals surface area contributed by atoms with Crippen LogP contribution >= 0.6 is 12.2 Å². The van der Waals surface area contributed by atoms with Gasteiger partial charge in [-0.25, -0.2) is 13.8 Å². The minimum absolute atomic E-state index is 0.218. The molecule has 0 saturated carbocycles. The summed E-state index contributed by atoms with van der Waals surface area (Å²) in [6.07, 6.45) is -4.74. The second-order valence-electron chi connectivity index (χ2n) is 3.60. The van der Waals surface area contributed by atoms with Crippen LogP contribution in [0.3, 0.4) is 0 Å². The molecule has 1 heterocycles. The highest BCUT2D eigenvalue weighted by Crippen LogP contribution is 2.29. The van der Waals surface area contributed by atoms with Gasteiger partial charge in [0.1, 0.15) is 16.3 Å². The van der Waals surface area contributed by atoms with E-state index in [1.54, 1.807) is 0 Å². The van der Waals surface area contributed by atoms with Gasteiger partial charge in [0.25, 0.3) is 0 Å². The highest BCUT2D eigenvalue weighted by atomic mass is 32.1. The van der Waals surface area contributed by atoms with Crippen LogP contribution in [0.2, 0.25) is 0 Å². The van der Waals surface area contributed by atoms with E-state index in [1.807, 2.05) is 4.98 Å². The van der Waals surface area contributed by atoms with E-state index < -0.39 is 23.6 Å². The first-order valence-corrected chi connectivity index (χ1v) is 5.32. The van der Waals surface area contributed by atoms with Gasteiger partial charge in [0.15, 0.2) is 0 Å². The van der Waals surface area contributed by atoms with Gasteiger partial charge in [-0.15, -0.1) is 0 Å².